The van der Waals surface area contributed by atoms with Crippen molar-refractivity contribution in [2.75, 3.05) is 5.32 Å². The van der Waals surface area contributed by atoms with E-state index in [-0.39, 0.29) is 0 Å². The van der Waals surface area contributed by atoms with E-state index in [4.69, 9.17) is 0 Å². The first kappa shape index (κ1) is 18.6. The smallest absolute Gasteiger partial charge is 0.321 e. The number of amides is 1. The molecule has 0 atom stereocenters. The van der Waals surface area contributed by atoms with E-state index in [2.05, 4.69) is 10.4 Å². The van der Waals surface area contributed by atoms with Crippen LogP contribution in [0.1, 0.15) is 21.6 Å². The van der Waals surface area contributed by atoms with Crippen LogP contribution < -0.4 is 5.32 Å². The molecular weight excluding hydrogens is 362 g/mol. The fraction of sp³-hybridized carbons (Fsp3) is 0.158. The monoisotopic (exact) mass is 377 g/mol. The maximum absolute atomic E-state index is 13.4. The molecular formula is C19H15F4N3O. The highest BCUT2D eigenvalue weighted by Gasteiger charge is 2.39. The highest BCUT2D eigenvalue weighted by molar-refractivity contribution is 6.07. The number of carbonyl (C=O) groups is 1. The number of aromatic nitrogens is 2. The second-order valence-corrected chi connectivity index (χ2v) is 6.02. The average Bonchev–Trinajstić information content (AvgIpc) is 2.98. The lowest BCUT2D eigenvalue weighted by Crippen LogP contribution is -2.18. The number of nitrogens with zero attached hydrogens (tertiary/aromatic N) is 2. The molecule has 0 aliphatic carbocycles. The number of hydrogen-bond donors (Lipinski definition) is 1. The molecule has 0 aliphatic rings. The molecule has 0 radical (unpaired) electrons. The number of benzene rings is 2. The summed E-state index contributed by atoms with van der Waals surface area (Å²) in [6.07, 6.45) is -3.73. The molecule has 2 aromatic carbocycles. The Morgan fingerprint density at radius 1 is 1.11 bits per heavy atom. The Morgan fingerprint density at radius 3 is 2.48 bits per heavy atom. The van der Waals surface area contributed by atoms with Crippen LogP contribution in [0.4, 0.5) is 23.2 Å². The normalized spacial score (nSPS) is 11.5. The Morgan fingerprint density at radius 2 is 1.81 bits per heavy atom. The minimum atomic E-state index is -4.75. The van der Waals surface area contributed by atoms with Crippen molar-refractivity contribution in [3.63, 3.8) is 0 Å². The van der Waals surface area contributed by atoms with Gasteiger partial charge in [-0.3, -0.25) is 9.48 Å². The molecule has 0 unspecified atom stereocenters. The minimum absolute atomic E-state index is 0.314. The predicted molar refractivity (Wildman–Crippen MR) is 92.7 cm³/mol. The van der Waals surface area contributed by atoms with Gasteiger partial charge in [-0.05, 0) is 36.2 Å². The second-order valence-electron chi connectivity index (χ2n) is 6.02. The summed E-state index contributed by atoms with van der Waals surface area (Å²) in [5.74, 6) is -1.33. The minimum Gasteiger partial charge on any atom is -0.321 e. The standard InChI is InChI=1S/C19H15F4N3O/c1-11-9-12(20)7-8-13(11)14-5-3-4-6-16(14)24-18(27)15-10-26(2)25-17(15)19(21,22)23/h3-10H,1-2H3,(H,24,27). The van der Waals surface area contributed by atoms with E-state index in [1.807, 2.05) is 0 Å². The maximum atomic E-state index is 13.4. The summed E-state index contributed by atoms with van der Waals surface area (Å²) in [7, 11) is 1.31. The third-order valence-corrected chi connectivity index (χ3v) is 4.00. The highest BCUT2D eigenvalue weighted by atomic mass is 19.4. The Bertz CT molecular complexity index is 1010. The zero-order valence-electron chi connectivity index (χ0n) is 14.4. The van der Waals surface area contributed by atoms with Crippen LogP contribution in [0, 0.1) is 12.7 Å². The van der Waals surface area contributed by atoms with Crippen molar-refractivity contribution < 1.29 is 22.4 Å². The molecule has 140 valence electrons. The van der Waals surface area contributed by atoms with Crippen LogP contribution >= 0.6 is 0 Å². The molecule has 1 N–H and O–H groups in total. The first-order chi connectivity index (χ1) is 12.7. The van der Waals surface area contributed by atoms with E-state index in [0.717, 1.165) is 10.9 Å². The Labute approximate surface area is 152 Å². The van der Waals surface area contributed by atoms with Gasteiger partial charge in [-0.1, -0.05) is 24.3 Å². The van der Waals surface area contributed by atoms with Gasteiger partial charge in [-0.15, -0.1) is 0 Å². The van der Waals surface area contributed by atoms with Crippen LogP contribution in [0.2, 0.25) is 0 Å². The third-order valence-electron chi connectivity index (χ3n) is 4.00. The summed E-state index contributed by atoms with van der Waals surface area (Å²) >= 11 is 0. The summed E-state index contributed by atoms with van der Waals surface area (Å²) < 4.78 is 53.6. The van der Waals surface area contributed by atoms with Crippen molar-refractivity contribution in [2.24, 2.45) is 7.05 Å². The molecule has 0 bridgehead atoms. The average molecular weight is 377 g/mol. The van der Waals surface area contributed by atoms with Crippen molar-refractivity contribution in [3.05, 3.63) is 71.3 Å². The van der Waals surface area contributed by atoms with Gasteiger partial charge in [0.2, 0.25) is 0 Å². The molecule has 8 heteroatoms. The summed E-state index contributed by atoms with van der Waals surface area (Å²) in [5, 5.41) is 5.85. The molecule has 27 heavy (non-hydrogen) atoms. The largest absolute Gasteiger partial charge is 0.435 e. The SMILES string of the molecule is Cc1cc(F)ccc1-c1ccccc1NC(=O)c1cn(C)nc1C(F)(F)F. The quantitative estimate of drug-likeness (QED) is 0.666. The number of para-hydroxylation sites is 1. The molecule has 0 aliphatic heterocycles. The number of hydrogen-bond acceptors (Lipinski definition) is 2. The van der Waals surface area contributed by atoms with E-state index >= 15 is 0 Å². The van der Waals surface area contributed by atoms with Gasteiger partial charge in [-0.2, -0.15) is 18.3 Å². The molecule has 3 rings (SSSR count). The molecule has 1 heterocycles. The molecule has 0 spiro atoms. The van der Waals surface area contributed by atoms with Gasteiger partial charge in [-0.25, -0.2) is 4.39 Å². The van der Waals surface area contributed by atoms with Crippen molar-refractivity contribution in [3.8, 4) is 11.1 Å². The number of carbonyl (C=O) groups excluding carboxylic acids is 1. The highest BCUT2D eigenvalue weighted by Crippen LogP contribution is 2.33. The molecule has 0 saturated heterocycles. The van der Waals surface area contributed by atoms with E-state index in [1.54, 1.807) is 37.3 Å². The summed E-state index contributed by atoms with van der Waals surface area (Å²) in [4.78, 5) is 12.5. The topological polar surface area (TPSA) is 46.9 Å². The lowest BCUT2D eigenvalue weighted by Gasteiger charge is -2.13. The van der Waals surface area contributed by atoms with Gasteiger partial charge in [0.15, 0.2) is 5.69 Å². The molecule has 1 aromatic heterocycles. The zero-order chi connectivity index (χ0) is 19.8. The fourth-order valence-corrected chi connectivity index (χ4v) is 2.81. The van der Waals surface area contributed by atoms with Crippen LogP contribution in [-0.2, 0) is 13.2 Å². The Kier molecular flexibility index (Phi) is 4.73. The van der Waals surface area contributed by atoms with Crippen LogP contribution in [0.3, 0.4) is 0 Å². The van der Waals surface area contributed by atoms with Crippen LogP contribution in [0.15, 0.2) is 48.7 Å². The number of anilines is 1. The van der Waals surface area contributed by atoms with Gasteiger partial charge in [0.1, 0.15) is 5.82 Å². The van der Waals surface area contributed by atoms with E-state index < -0.39 is 29.2 Å². The number of aryl methyl sites for hydroxylation is 2. The second kappa shape index (κ2) is 6.86. The first-order valence-electron chi connectivity index (χ1n) is 7.94. The molecule has 3 aromatic rings. The van der Waals surface area contributed by atoms with Gasteiger partial charge >= 0.3 is 6.18 Å². The van der Waals surface area contributed by atoms with Gasteiger partial charge in [0.25, 0.3) is 5.91 Å². The first-order valence-corrected chi connectivity index (χ1v) is 7.94. The summed E-state index contributed by atoms with van der Waals surface area (Å²) in [6.45, 7) is 1.71. The van der Waals surface area contributed by atoms with Crippen LogP contribution in [0.25, 0.3) is 11.1 Å². The van der Waals surface area contributed by atoms with E-state index in [1.165, 1.54) is 19.2 Å². The van der Waals surface area contributed by atoms with Gasteiger partial charge < -0.3 is 5.32 Å². The zero-order valence-corrected chi connectivity index (χ0v) is 14.4. The van der Waals surface area contributed by atoms with E-state index in [9.17, 15) is 22.4 Å². The van der Waals surface area contributed by atoms with Crippen LogP contribution in [0.5, 0.6) is 0 Å². The lowest BCUT2D eigenvalue weighted by molar-refractivity contribution is -0.141. The van der Waals surface area contributed by atoms with Gasteiger partial charge in [0.05, 0.1) is 5.56 Å². The third kappa shape index (κ3) is 3.84. The summed E-state index contributed by atoms with van der Waals surface area (Å²) in [6, 6.07) is 10.8. The Balaban J connectivity index is 2.00. The Hall–Kier alpha value is -3.16. The number of rotatable bonds is 3. The van der Waals surface area contributed by atoms with Gasteiger partial charge in [0, 0.05) is 24.5 Å². The molecule has 4 nitrogen and oxygen atoms in total. The lowest BCUT2D eigenvalue weighted by atomic mass is 9.98. The van der Waals surface area contributed by atoms with Crippen molar-refractivity contribution in [1.29, 1.82) is 0 Å². The van der Waals surface area contributed by atoms with Crippen LogP contribution in [-0.4, -0.2) is 15.7 Å². The van der Waals surface area contributed by atoms with E-state index in [0.29, 0.717) is 22.4 Å². The summed E-state index contributed by atoms with van der Waals surface area (Å²) in [5.41, 5.74) is 0.354. The number of halogens is 4. The number of nitrogens with one attached hydrogen (secondary N) is 1. The van der Waals surface area contributed by atoms with Crippen molar-refractivity contribution in [2.45, 2.75) is 13.1 Å². The number of alkyl halides is 3. The molecule has 1 amide bonds. The van der Waals surface area contributed by atoms with Crippen molar-refractivity contribution in [1.82, 2.24) is 9.78 Å². The maximum Gasteiger partial charge on any atom is 0.435 e. The molecule has 0 saturated carbocycles. The predicted octanol–water partition coefficient (Wildman–Crippen LogP) is 4.81. The fourth-order valence-electron chi connectivity index (χ4n) is 2.81. The molecule has 0 fully saturated rings. The van der Waals surface area contributed by atoms with Crippen molar-refractivity contribution >= 4 is 11.6 Å².